The fraction of sp³-hybridized carbons (Fsp3) is 0.647. The zero-order chi connectivity index (χ0) is 15.1. The van der Waals surface area contributed by atoms with Crippen LogP contribution in [0.2, 0.25) is 0 Å². The highest BCUT2D eigenvalue weighted by Gasteiger charge is 2.21. The maximum Gasteiger partial charge on any atom is 0.119 e. The van der Waals surface area contributed by atoms with Crippen LogP contribution in [0.25, 0.3) is 0 Å². The van der Waals surface area contributed by atoms with Crippen molar-refractivity contribution in [3.63, 3.8) is 0 Å². The number of nitrogens with zero attached hydrogens (tertiary/aromatic N) is 1. The predicted octanol–water partition coefficient (Wildman–Crippen LogP) is 3.45. The number of benzene rings is 1. The highest BCUT2D eigenvalue weighted by atomic mass is 16.5. The van der Waals surface area contributed by atoms with E-state index in [2.05, 4.69) is 44.9 Å². The molecule has 0 bridgehead atoms. The van der Waals surface area contributed by atoms with Crippen molar-refractivity contribution in [2.45, 2.75) is 46.2 Å². The Balaban J connectivity index is 2.86. The van der Waals surface area contributed by atoms with Gasteiger partial charge in [-0.25, -0.2) is 0 Å². The lowest BCUT2D eigenvalue weighted by Gasteiger charge is -2.33. The van der Waals surface area contributed by atoms with Crippen LogP contribution >= 0.6 is 0 Å². The number of likely N-dealkylation sites (N-methyl/N-ethyl adjacent to an activating group) is 1. The van der Waals surface area contributed by atoms with Crippen LogP contribution in [0.5, 0.6) is 5.75 Å². The summed E-state index contributed by atoms with van der Waals surface area (Å²) in [4.78, 5) is 2.38. The van der Waals surface area contributed by atoms with E-state index in [0.29, 0.717) is 25.1 Å². The first kappa shape index (κ1) is 17.0. The molecular formula is C17H30N2O. The van der Waals surface area contributed by atoms with Gasteiger partial charge in [-0.3, -0.25) is 4.90 Å². The first-order valence-electron chi connectivity index (χ1n) is 7.64. The van der Waals surface area contributed by atoms with Crippen LogP contribution in [-0.2, 0) is 0 Å². The van der Waals surface area contributed by atoms with Gasteiger partial charge in [-0.15, -0.1) is 0 Å². The van der Waals surface area contributed by atoms with Gasteiger partial charge in [-0.1, -0.05) is 26.0 Å². The second-order valence-corrected chi connectivity index (χ2v) is 5.90. The maximum absolute atomic E-state index is 6.02. The molecule has 0 aliphatic carbocycles. The Labute approximate surface area is 124 Å². The fourth-order valence-electron chi connectivity index (χ4n) is 2.67. The molecule has 3 nitrogen and oxygen atoms in total. The first-order chi connectivity index (χ1) is 9.49. The predicted molar refractivity (Wildman–Crippen MR) is 86.1 cm³/mol. The Morgan fingerprint density at radius 3 is 2.50 bits per heavy atom. The monoisotopic (exact) mass is 278 g/mol. The molecule has 0 radical (unpaired) electrons. The van der Waals surface area contributed by atoms with Crippen LogP contribution in [0.4, 0.5) is 0 Å². The highest BCUT2D eigenvalue weighted by molar-refractivity contribution is 5.31. The molecule has 0 amide bonds. The van der Waals surface area contributed by atoms with E-state index in [1.807, 2.05) is 19.1 Å². The molecule has 0 saturated heterocycles. The Hall–Kier alpha value is -1.06. The van der Waals surface area contributed by atoms with Crippen LogP contribution in [0.1, 0.15) is 45.7 Å². The third-order valence-corrected chi connectivity index (χ3v) is 3.78. The highest BCUT2D eigenvalue weighted by Crippen LogP contribution is 2.25. The van der Waals surface area contributed by atoms with Gasteiger partial charge in [0.15, 0.2) is 0 Å². The zero-order valence-corrected chi connectivity index (χ0v) is 13.6. The van der Waals surface area contributed by atoms with Gasteiger partial charge in [-0.2, -0.15) is 0 Å². The molecule has 3 heteroatoms. The molecule has 0 aliphatic heterocycles. The molecule has 0 fully saturated rings. The van der Waals surface area contributed by atoms with Crippen LogP contribution < -0.4 is 10.5 Å². The quantitative estimate of drug-likeness (QED) is 0.791. The summed E-state index contributed by atoms with van der Waals surface area (Å²) in [5.74, 6) is 1.62. The van der Waals surface area contributed by atoms with Gasteiger partial charge in [-0.05, 0) is 50.9 Å². The van der Waals surface area contributed by atoms with Gasteiger partial charge >= 0.3 is 0 Å². The van der Waals surface area contributed by atoms with E-state index >= 15 is 0 Å². The second kappa shape index (κ2) is 8.28. The molecule has 2 unspecified atom stereocenters. The third kappa shape index (κ3) is 4.80. The molecule has 0 heterocycles. The molecule has 1 rings (SSSR count). The van der Waals surface area contributed by atoms with E-state index in [0.717, 1.165) is 5.75 Å². The Bertz CT molecular complexity index is 392. The van der Waals surface area contributed by atoms with E-state index in [-0.39, 0.29) is 6.04 Å². The summed E-state index contributed by atoms with van der Waals surface area (Å²) in [5, 5.41) is 0. The summed E-state index contributed by atoms with van der Waals surface area (Å²) in [6.07, 6.45) is 1.18. The summed E-state index contributed by atoms with van der Waals surface area (Å²) in [6, 6.07) is 9.05. The largest absolute Gasteiger partial charge is 0.494 e. The molecule has 0 aliphatic rings. The molecule has 0 spiro atoms. The van der Waals surface area contributed by atoms with Crippen molar-refractivity contribution in [3.8, 4) is 5.75 Å². The van der Waals surface area contributed by atoms with Gasteiger partial charge in [0.1, 0.15) is 5.75 Å². The van der Waals surface area contributed by atoms with Crippen molar-refractivity contribution in [3.05, 3.63) is 29.8 Å². The van der Waals surface area contributed by atoms with E-state index in [4.69, 9.17) is 10.5 Å². The number of hydrogen-bond donors (Lipinski definition) is 1. The number of hydrogen-bond acceptors (Lipinski definition) is 3. The Morgan fingerprint density at radius 2 is 1.95 bits per heavy atom. The molecule has 2 atom stereocenters. The molecule has 2 N–H and O–H groups in total. The second-order valence-electron chi connectivity index (χ2n) is 5.90. The summed E-state index contributed by atoms with van der Waals surface area (Å²) in [7, 11) is 2.16. The van der Waals surface area contributed by atoms with Crippen LogP contribution in [-0.4, -0.2) is 31.1 Å². The first-order valence-corrected chi connectivity index (χ1v) is 7.64. The van der Waals surface area contributed by atoms with Gasteiger partial charge in [0.2, 0.25) is 0 Å². The summed E-state index contributed by atoms with van der Waals surface area (Å²) in [6.45, 7) is 10.1. The number of ether oxygens (including phenoxy) is 1. The molecule has 1 aromatic carbocycles. The fourth-order valence-corrected chi connectivity index (χ4v) is 2.67. The van der Waals surface area contributed by atoms with Crippen LogP contribution in [0.15, 0.2) is 24.3 Å². The zero-order valence-electron chi connectivity index (χ0n) is 13.6. The molecule has 0 aromatic heterocycles. The molecule has 114 valence electrons. The molecule has 1 aromatic rings. The molecule has 0 saturated carbocycles. The van der Waals surface area contributed by atoms with E-state index < -0.39 is 0 Å². The minimum atomic E-state index is 0.240. The average molecular weight is 278 g/mol. The van der Waals surface area contributed by atoms with Crippen molar-refractivity contribution in [1.29, 1.82) is 0 Å². The third-order valence-electron chi connectivity index (χ3n) is 3.78. The van der Waals surface area contributed by atoms with Crippen molar-refractivity contribution in [2.75, 3.05) is 20.2 Å². The van der Waals surface area contributed by atoms with Gasteiger partial charge in [0, 0.05) is 18.6 Å². The minimum absolute atomic E-state index is 0.240. The smallest absolute Gasteiger partial charge is 0.119 e. The number of rotatable bonds is 8. The number of nitrogens with two attached hydrogens (primary N) is 1. The maximum atomic E-state index is 6.02. The topological polar surface area (TPSA) is 38.5 Å². The minimum Gasteiger partial charge on any atom is -0.494 e. The van der Waals surface area contributed by atoms with E-state index in [1.165, 1.54) is 12.0 Å². The van der Waals surface area contributed by atoms with Gasteiger partial charge in [0.25, 0.3) is 0 Å². The van der Waals surface area contributed by atoms with Crippen molar-refractivity contribution >= 4 is 0 Å². The Kier molecular flexibility index (Phi) is 7.03. The Morgan fingerprint density at radius 1 is 1.25 bits per heavy atom. The molecular weight excluding hydrogens is 248 g/mol. The van der Waals surface area contributed by atoms with E-state index in [1.54, 1.807) is 0 Å². The molecule has 20 heavy (non-hydrogen) atoms. The lowest BCUT2D eigenvalue weighted by atomic mass is 9.99. The van der Waals surface area contributed by atoms with Crippen molar-refractivity contribution in [1.82, 2.24) is 4.90 Å². The summed E-state index contributed by atoms with van der Waals surface area (Å²) >= 11 is 0. The van der Waals surface area contributed by atoms with Crippen molar-refractivity contribution in [2.24, 2.45) is 11.7 Å². The SMILES string of the molecule is CCOc1cccc(C(CN)N(C)C(C)CC(C)C)c1. The van der Waals surface area contributed by atoms with Crippen LogP contribution in [0, 0.1) is 5.92 Å². The standard InChI is InChI=1S/C17H30N2O/c1-6-20-16-9-7-8-15(11-16)17(12-18)19(5)14(4)10-13(2)3/h7-9,11,13-14,17H,6,10,12,18H2,1-5H3. The van der Waals surface area contributed by atoms with Crippen LogP contribution in [0.3, 0.4) is 0 Å². The average Bonchev–Trinajstić information content (AvgIpc) is 2.39. The van der Waals surface area contributed by atoms with Gasteiger partial charge in [0.05, 0.1) is 6.61 Å². The van der Waals surface area contributed by atoms with E-state index in [9.17, 15) is 0 Å². The summed E-state index contributed by atoms with van der Waals surface area (Å²) in [5.41, 5.74) is 7.25. The lowest BCUT2D eigenvalue weighted by molar-refractivity contribution is 0.168. The van der Waals surface area contributed by atoms with Gasteiger partial charge < -0.3 is 10.5 Å². The normalized spacial score (nSPS) is 14.6. The lowest BCUT2D eigenvalue weighted by Crippen LogP contribution is -2.37. The summed E-state index contributed by atoms with van der Waals surface area (Å²) < 4.78 is 5.59. The van der Waals surface area contributed by atoms with Crippen molar-refractivity contribution < 1.29 is 4.74 Å².